The molecule has 0 aliphatic heterocycles. The summed E-state index contributed by atoms with van der Waals surface area (Å²) in [4.78, 5) is 4.90. The smallest absolute Gasteiger partial charge is 0.112 e. The Bertz CT molecular complexity index is 579. The van der Waals surface area contributed by atoms with Crippen molar-refractivity contribution < 1.29 is 0 Å². The van der Waals surface area contributed by atoms with Crippen LogP contribution in [0.5, 0.6) is 0 Å². The lowest BCUT2D eigenvalue weighted by atomic mass is 9.85. The van der Waals surface area contributed by atoms with Crippen LogP contribution in [0.25, 0.3) is 11.0 Å². The zero-order chi connectivity index (χ0) is 13.4. The minimum absolute atomic E-state index is 0.589. The zero-order valence-electron chi connectivity index (χ0n) is 11.9. The van der Waals surface area contributed by atoms with Crippen molar-refractivity contribution in [3.8, 4) is 0 Å². The van der Waals surface area contributed by atoms with Crippen LogP contribution >= 0.6 is 0 Å². The van der Waals surface area contributed by atoms with Crippen molar-refractivity contribution >= 4 is 11.0 Å². The lowest BCUT2D eigenvalue weighted by Gasteiger charge is -2.26. The second-order valence-corrected chi connectivity index (χ2v) is 6.13. The van der Waals surface area contributed by atoms with E-state index in [1.54, 1.807) is 0 Å². The highest BCUT2D eigenvalue weighted by atomic mass is 15.1. The summed E-state index contributed by atoms with van der Waals surface area (Å²) in [6, 6.07) is 6.47. The van der Waals surface area contributed by atoms with E-state index in [0.29, 0.717) is 18.4 Å². The Hall–Kier alpha value is -1.35. The lowest BCUT2D eigenvalue weighted by Crippen LogP contribution is -2.17. The molecular formula is C16H23N3. The first-order valence-corrected chi connectivity index (χ1v) is 7.38. The minimum atomic E-state index is 0.589. The third-order valence-corrected chi connectivity index (χ3v) is 4.10. The van der Waals surface area contributed by atoms with Crippen LogP contribution in [-0.4, -0.2) is 9.55 Å². The van der Waals surface area contributed by atoms with E-state index in [1.807, 2.05) is 0 Å². The van der Waals surface area contributed by atoms with E-state index in [4.69, 9.17) is 10.7 Å². The molecule has 2 N–H and O–H groups in total. The standard InChI is InChI=1S/C16H23N3/c1-11(2)10-19-15-7-6-12(9-17)8-14(15)18-16(19)13-4-3-5-13/h6-8,11,13H,3-5,9-10,17H2,1-2H3. The molecule has 3 rings (SSSR count). The Kier molecular flexibility index (Phi) is 3.31. The molecule has 3 heteroatoms. The van der Waals surface area contributed by atoms with Crippen LogP contribution in [0.4, 0.5) is 0 Å². The number of imidazole rings is 1. The van der Waals surface area contributed by atoms with Gasteiger partial charge < -0.3 is 10.3 Å². The van der Waals surface area contributed by atoms with Crippen molar-refractivity contribution in [3.05, 3.63) is 29.6 Å². The van der Waals surface area contributed by atoms with Gasteiger partial charge in [-0.1, -0.05) is 26.3 Å². The van der Waals surface area contributed by atoms with Gasteiger partial charge in [0.05, 0.1) is 11.0 Å². The van der Waals surface area contributed by atoms with Gasteiger partial charge in [0.2, 0.25) is 0 Å². The molecule has 2 aromatic rings. The maximum atomic E-state index is 5.73. The third-order valence-electron chi connectivity index (χ3n) is 4.10. The molecule has 19 heavy (non-hydrogen) atoms. The van der Waals surface area contributed by atoms with E-state index >= 15 is 0 Å². The van der Waals surface area contributed by atoms with Gasteiger partial charge in [-0.15, -0.1) is 0 Å². The predicted octanol–water partition coefficient (Wildman–Crippen LogP) is 3.42. The van der Waals surface area contributed by atoms with Gasteiger partial charge in [0.15, 0.2) is 0 Å². The largest absolute Gasteiger partial charge is 0.327 e. The van der Waals surface area contributed by atoms with E-state index in [1.165, 1.54) is 36.2 Å². The van der Waals surface area contributed by atoms with Crippen molar-refractivity contribution in [3.63, 3.8) is 0 Å². The summed E-state index contributed by atoms with van der Waals surface area (Å²) in [6.45, 7) is 6.19. The number of benzene rings is 1. The minimum Gasteiger partial charge on any atom is -0.327 e. The molecule has 0 saturated heterocycles. The fraction of sp³-hybridized carbons (Fsp3) is 0.562. The molecular weight excluding hydrogens is 234 g/mol. The molecule has 1 aromatic heterocycles. The highest BCUT2D eigenvalue weighted by Crippen LogP contribution is 2.37. The molecule has 1 aliphatic carbocycles. The van der Waals surface area contributed by atoms with Crippen LogP contribution in [0.15, 0.2) is 18.2 Å². The van der Waals surface area contributed by atoms with Crippen molar-refractivity contribution in [2.24, 2.45) is 11.7 Å². The number of rotatable bonds is 4. The average molecular weight is 257 g/mol. The topological polar surface area (TPSA) is 43.8 Å². The molecule has 1 saturated carbocycles. The fourth-order valence-corrected chi connectivity index (χ4v) is 2.86. The fourth-order valence-electron chi connectivity index (χ4n) is 2.86. The zero-order valence-corrected chi connectivity index (χ0v) is 11.9. The van der Waals surface area contributed by atoms with Gasteiger partial charge >= 0.3 is 0 Å². The lowest BCUT2D eigenvalue weighted by molar-refractivity contribution is 0.379. The first-order valence-electron chi connectivity index (χ1n) is 7.38. The number of nitrogens with zero attached hydrogens (tertiary/aromatic N) is 2. The first-order chi connectivity index (χ1) is 9.19. The van der Waals surface area contributed by atoms with Crippen molar-refractivity contribution in [2.45, 2.75) is 52.1 Å². The molecule has 0 radical (unpaired) electrons. The number of fused-ring (bicyclic) bond motifs is 1. The Morgan fingerprint density at radius 3 is 2.74 bits per heavy atom. The van der Waals surface area contributed by atoms with Crippen molar-refractivity contribution in [2.75, 3.05) is 0 Å². The van der Waals surface area contributed by atoms with Crippen LogP contribution < -0.4 is 5.73 Å². The molecule has 102 valence electrons. The van der Waals surface area contributed by atoms with E-state index in [-0.39, 0.29) is 0 Å². The van der Waals surface area contributed by atoms with Crippen LogP contribution in [0.2, 0.25) is 0 Å². The molecule has 1 fully saturated rings. The summed E-state index contributed by atoms with van der Waals surface area (Å²) in [5, 5.41) is 0. The van der Waals surface area contributed by atoms with Gasteiger partial charge in [-0.2, -0.15) is 0 Å². The highest BCUT2D eigenvalue weighted by molar-refractivity contribution is 5.77. The van der Waals surface area contributed by atoms with Gasteiger partial charge in [0, 0.05) is 19.0 Å². The Morgan fingerprint density at radius 2 is 2.16 bits per heavy atom. The quantitative estimate of drug-likeness (QED) is 0.912. The molecule has 3 nitrogen and oxygen atoms in total. The van der Waals surface area contributed by atoms with Gasteiger partial charge in [-0.05, 0) is 36.5 Å². The van der Waals surface area contributed by atoms with E-state index in [0.717, 1.165) is 12.1 Å². The van der Waals surface area contributed by atoms with Gasteiger partial charge in [-0.3, -0.25) is 0 Å². The summed E-state index contributed by atoms with van der Waals surface area (Å²) in [5.41, 5.74) is 9.28. The summed E-state index contributed by atoms with van der Waals surface area (Å²) in [5.74, 6) is 2.61. The average Bonchev–Trinajstić information content (AvgIpc) is 2.64. The predicted molar refractivity (Wildman–Crippen MR) is 79.1 cm³/mol. The van der Waals surface area contributed by atoms with Crippen molar-refractivity contribution in [1.82, 2.24) is 9.55 Å². The summed E-state index contributed by atoms with van der Waals surface area (Å²) >= 11 is 0. The molecule has 1 heterocycles. The Morgan fingerprint density at radius 1 is 1.37 bits per heavy atom. The molecule has 0 amide bonds. The summed E-state index contributed by atoms with van der Waals surface area (Å²) in [7, 11) is 0. The molecule has 0 bridgehead atoms. The van der Waals surface area contributed by atoms with Crippen LogP contribution in [0, 0.1) is 5.92 Å². The molecule has 1 aliphatic rings. The SMILES string of the molecule is CC(C)Cn1c(C2CCC2)nc2cc(CN)ccc21. The maximum Gasteiger partial charge on any atom is 0.112 e. The second kappa shape index (κ2) is 4.97. The molecule has 1 aromatic carbocycles. The monoisotopic (exact) mass is 257 g/mol. The molecule has 0 unspecified atom stereocenters. The van der Waals surface area contributed by atoms with Gasteiger partial charge in [0.25, 0.3) is 0 Å². The third kappa shape index (κ3) is 2.27. The molecule has 0 atom stereocenters. The first kappa shape index (κ1) is 12.7. The van der Waals surface area contributed by atoms with E-state index in [9.17, 15) is 0 Å². The van der Waals surface area contributed by atoms with Crippen molar-refractivity contribution in [1.29, 1.82) is 0 Å². The van der Waals surface area contributed by atoms with Crippen LogP contribution in [0.1, 0.15) is 50.4 Å². The summed E-state index contributed by atoms with van der Waals surface area (Å²) < 4.78 is 2.43. The molecule has 0 spiro atoms. The maximum absolute atomic E-state index is 5.73. The van der Waals surface area contributed by atoms with Gasteiger partial charge in [-0.25, -0.2) is 4.98 Å². The number of nitrogens with two attached hydrogens (primary N) is 1. The number of hydrogen-bond acceptors (Lipinski definition) is 2. The van der Waals surface area contributed by atoms with Crippen LogP contribution in [-0.2, 0) is 13.1 Å². The second-order valence-electron chi connectivity index (χ2n) is 6.13. The van der Waals surface area contributed by atoms with E-state index < -0.39 is 0 Å². The van der Waals surface area contributed by atoms with Crippen LogP contribution in [0.3, 0.4) is 0 Å². The Labute approximate surface area is 114 Å². The normalized spacial score (nSPS) is 16.2. The summed E-state index contributed by atoms with van der Waals surface area (Å²) in [6.07, 6.45) is 3.94. The highest BCUT2D eigenvalue weighted by Gasteiger charge is 2.26. The van der Waals surface area contributed by atoms with E-state index in [2.05, 4.69) is 36.6 Å². The number of hydrogen-bond donors (Lipinski definition) is 1. The Balaban J connectivity index is 2.10. The van der Waals surface area contributed by atoms with Gasteiger partial charge in [0.1, 0.15) is 5.82 Å². The number of aromatic nitrogens is 2.